The van der Waals surface area contributed by atoms with Gasteiger partial charge in [-0.25, -0.2) is 9.88 Å². The Morgan fingerprint density at radius 1 is 0.919 bits per heavy atom. The number of benzene rings is 3. The lowest BCUT2D eigenvalue weighted by Crippen LogP contribution is -2.29. The number of halogens is 4. The summed E-state index contributed by atoms with van der Waals surface area (Å²) in [6.45, 7) is 3.98. The summed E-state index contributed by atoms with van der Waals surface area (Å²) in [5, 5.41) is 2.93. The number of aryl methyl sites for hydroxylation is 2. The maximum Gasteiger partial charge on any atom is 0.267 e. The quantitative estimate of drug-likeness (QED) is 0.0951. The molecule has 0 bridgehead atoms. The van der Waals surface area contributed by atoms with Crippen LogP contribution in [0.2, 0.25) is 0 Å². The van der Waals surface area contributed by atoms with E-state index in [1.807, 2.05) is 26.0 Å². The molecular formula is C25H15Br4N3O3S2. The van der Waals surface area contributed by atoms with Crippen molar-refractivity contribution >= 4 is 126 Å². The van der Waals surface area contributed by atoms with Gasteiger partial charge in [-0.3, -0.25) is 14.4 Å². The molecule has 3 amide bonds. The number of thioether (sulfide) groups is 1. The van der Waals surface area contributed by atoms with Gasteiger partial charge in [0.25, 0.3) is 11.8 Å². The number of carbonyl (C=O) groups excluding carboxylic acids is 3. The van der Waals surface area contributed by atoms with Gasteiger partial charge in [0.15, 0.2) is 4.34 Å². The highest BCUT2D eigenvalue weighted by Gasteiger charge is 2.42. The molecule has 12 heteroatoms. The molecule has 1 N–H and O–H groups in total. The third-order valence-corrected chi connectivity index (χ3v) is 12.5. The molecule has 6 nitrogen and oxygen atoms in total. The molecule has 0 radical (unpaired) electrons. The van der Waals surface area contributed by atoms with E-state index in [2.05, 4.69) is 80.1 Å². The number of aromatic nitrogens is 1. The van der Waals surface area contributed by atoms with Crippen molar-refractivity contribution in [1.82, 2.24) is 4.98 Å². The number of thiazole rings is 1. The third kappa shape index (κ3) is 5.08. The van der Waals surface area contributed by atoms with Crippen LogP contribution in [0, 0.1) is 13.8 Å². The Morgan fingerprint density at radius 3 is 2.11 bits per heavy atom. The summed E-state index contributed by atoms with van der Waals surface area (Å²) in [5.74, 6) is -0.733. The van der Waals surface area contributed by atoms with E-state index in [9.17, 15) is 14.4 Å². The summed E-state index contributed by atoms with van der Waals surface area (Å²) >= 11 is 16.5. The van der Waals surface area contributed by atoms with Gasteiger partial charge in [0.05, 0.1) is 32.8 Å². The lowest BCUT2D eigenvalue weighted by molar-refractivity contribution is -0.113. The van der Waals surface area contributed by atoms with E-state index in [0.29, 0.717) is 34.7 Å². The van der Waals surface area contributed by atoms with E-state index in [1.54, 1.807) is 18.2 Å². The van der Waals surface area contributed by atoms with Crippen LogP contribution in [0.1, 0.15) is 31.8 Å². The molecule has 2 heterocycles. The smallest absolute Gasteiger partial charge is 0.267 e. The van der Waals surface area contributed by atoms with Crippen molar-refractivity contribution in [3.05, 3.63) is 76.5 Å². The largest absolute Gasteiger partial charge is 0.325 e. The van der Waals surface area contributed by atoms with Crippen molar-refractivity contribution in [2.24, 2.45) is 0 Å². The third-order valence-electron chi connectivity index (χ3n) is 5.54. The number of amides is 3. The Bertz CT molecular complexity index is 1590. The number of hydrogen-bond donors (Lipinski definition) is 1. The summed E-state index contributed by atoms with van der Waals surface area (Å²) in [5.41, 5.74) is 4.72. The van der Waals surface area contributed by atoms with Gasteiger partial charge in [0, 0.05) is 23.6 Å². The summed E-state index contributed by atoms with van der Waals surface area (Å²) in [7, 11) is 0. The number of anilines is 2. The zero-order valence-electron chi connectivity index (χ0n) is 19.1. The highest BCUT2D eigenvalue weighted by molar-refractivity contribution is 9.15. The lowest BCUT2D eigenvalue weighted by Gasteiger charge is -2.13. The van der Waals surface area contributed by atoms with Crippen LogP contribution in [-0.4, -0.2) is 28.5 Å². The second kappa shape index (κ2) is 10.5. The van der Waals surface area contributed by atoms with Gasteiger partial charge >= 0.3 is 0 Å². The van der Waals surface area contributed by atoms with E-state index < -0.39 is 11.8 Å². The summed E-state index contributed by atoms with van der Waals surface area (Å²) in [6.07, 6.45) is 0. The van der Waals surface area contributed by atoms with Crippen LogP contribution in [0.3, 0.4) is 0 Å². The SMILES string of the molecule is Cc1cc(C)cc(NC(=O)CSc2nc3ccc(N4C(=O)c5c(Br)c(Br)c(Br)c(Br)c5C4=O)cc3s2)c1. The first kappa shape index (κ1) is 27.0. The van der Waals surface area contributed by atoms with Crippen LogP contribution in [0.4, 0.5) is 11.4 Å². The number of nitrogens with one attached hydrogen (secondary N) is 1. The van der Waals surface area contributed by atoms with Gasteiger partial charge in [-0.05, 0) is 119 Å². The van der Waals surface area contributed by atoms with Crippen molar-refractivity contribution < 1.29 is 14.4 Å². The molecule has 3 aromatic carbocycles. The molecule has 188 valence electrons. The first-order chi connectivity index (χ1) is 17.5. The molecule has 0 spiro atoms. The highest BCUT2D eigenvalue weighted by atomic mass is 79.9. The normalized spacial score (nSPS) is 13.0. The Morgan fingerprint density at radius 2 is 1.51 bits per heavy atom. The van der Waals surface area contributed by atoms with Crippen LogP contribution in [-0.2, 0) is 4.79 Å². The number of rotatable bonds is 5. The summed E-state index contributed by atoms with van der Waals surface area (Å²) in [6, 6.07) is 11.2. The van der Waals surface area contributed by atoms with Gasteiger partial charge in [0.1, 0.15) is 0 Å². The van der Waals surface area contributed by atoms with Crippen LogP contribution in [0.15, 0.2) is 58.6 Å². The van der Waals surface area contributed by atoms with E-state index in [4.69, 9.17) is 0 Å². The monoisotopic (exact) mass is 785 g/mol. The van der Waals surface area contributed by atoms with E-state index in [1.165, 1.54) is 28.0 Å². The Kier molecular flexibility index (Phi) is 7.69. The van der Waals surface area contributed by atoms with Gasteiger partial charge in [-0.2, -0.15) is 0 Å². The maximum absolute atomic E-state index is 13.3. The van der Waals surface area contributed by atoms with Gasteiger partial charge in [-0.15, -0.1) is 11.3 Å². The molecule has 37 heavy (non-hydrogen) atoms. The second-order valence-corrected chi connectivity index (χ2v) is 13.7. The zero-order chi connectivity index (χ0) is 26.6. The molecule has 1 aliphatic rings. The summed E-state index contributed by atoms with van der Waals surface area (Å²) in [4.78, 5) is 44.9. The van der Waals surface area contributed by atoms with Crippen molar-refractivity contribution in [2.75, 3.05) is 16.0 Å². The van der Waals surface area contributed by atoms with Gasteiger partial charge in [-0.1, -0.05) is 17.8 Å². The summed E-state index contributed by atoms with van der Waals surface area (Å²) < 4.78 is 3.84. The number of nitrogens with zero attached hydrogens (tertiary/aromatic N) is 2. The van der Waals surface area contributed by atoms with Crippen LogP contribution in [0.25, 0.3) is 10.2 Å². The Hall–Kier alpha value is -1.57. The highest BCUT2D eigenvalue weighted by Crippen LogP contribution is 2.46. The standard InChI is InChI=1S/C25H15Br4N3O3S2/c1-10-5-11(2)7-12(6-10)30-16(33)9-36-25-31-14-4-3-13(8-15(14)37-25)32-23(34)17-18(24(32)35)20(27)22(29)21(28)19(17)26/h3-8H,9H2,1-2H3,(H,30,33). The number of hydrogen-bond acceptors (Lipinski definition) is 6. The number of fused-ring (bicyclic) bond motifs is 2. The van der Waals surface area contributed by atoms with E-state index >= 15 is 0 Å². The molecule has 0 saturated heterocycles. The fourth-order valence-corrected chi connectivity index (χ4v) is 8.41. The Labute approximate surface area is 254 Å². The molecule has 1 aliphatic heterocycles. The van der Waals surface area contributed by atoms with Crippen molar-refractivity contribution in [1.29, 1.82) is 0 Å². The molecule has 5 rings (SSSR count). The topological polar surface area (TPSA) is 79.4 Å². The van der Waals surface area contributed by atoms with Crippen LogP contribution in [0.5, 0.6) is 0 Å². The van der Waals surface area contributed by atoms with Crippen molar-refractivity contribution in [2.45, 2.75) is 18.2 Å². The maximum atomic E-state index is 13.3. The average molecular weight is 789 g/mol. The fraction of sp³-hybridized carbons (Fsp3) is 0.120. The van der Waals surface area contributed by atoms with Crippen LogP contribution >= 0.6 is 86.8 Å². The van der Waals surface area contributed by atoms with E-state index in [0.717, 1.165) is 31.4 Å². The van der Waals surface area contributed by atoms with Crippen LogP contribution < -0.4 is 10.2 Å². The zero-order valence-corrected chi connectivity index (χ0v) is 27.1. The fourth-order valence-electron chi connectivity index (χ4n) is 4.05. The second-order valence-electron chi connectivity index (χ2n) is 8.30. The molecule has 0 unspecified atom stereocenters. The molecule has 0 saturated carbocycles. The lowest BCUT2D eigenvalue weighted by atomic mass is 10.1. The molecule has 4 aromatic rings. The minimum Gasteiger partial charge on any atom is -0.325 e. The molecular weight excluding hydrogens is 774 g/mol. The predicted molar refractivity (Wildman–Crippen MR) is 163 cm³/mol. The van der Waals surface area contributed by atoms with Crippen molar-refractivity contribution in [3.63, 3.8) is 0 Å². The molecule has 0 aliphatic carbocycles. The first-order valence-corrected chi connectivity index (χ1v) is 15.7. The number of carbonyl (C=O) groups is 3. The average Bonchev–Trinajstić information content (AvgIpc) is 3.36. The van der Waals surface area contributed by atoms with E-state index in [-0.39, 0.29) is 11.7 Å². The predicted octanol–water partition coefficient (Wildman–Crippen LogP) is 8.49. The minimum absolute atomic E-state index is 0.116. The van der Waals surface area contributed by atoms with Gasteiger partial charge in [0.2, 0.25) is 5.91 Å². The van der Waals surface area contributed by atoms with Crippen molar-refractivity contribution in [3.8, 4) is 0 Å². The molecule has 0 fully saturated rings. The van der Waals surface area contributed by atoms with Gasteiger partial charge < -0.3 is 5.32 Å². The first-order valence-electron chi connectivity index (χ1n) is 10.7. The molecule has 1 aromatic heterocycles. The molecule has 0 atom stereocenters. The Balaban J connectivity index is 1.36. The number of imide groups is 1. The minimum atomic E-state index is -0.415.